The summed E-state index contributed by atoms with van der Waals surface area (Å²) < 4.78 is 7.86. The molecule has 2 aromatic carbocycles. The van der Waals surface area contributed by atoms with Gasteiger partial charge in [-0.25, -0.2) is 0 Å². The van der Waals surface area contributed by atoms with E-state index >= 15 is 0 Å². The van der Waals surface area contributed by atoms with Crippen LogP contribution in [0.5, 0.6) is 0 Å². The Morgan fingerprint density at radius 3 is 1.81 bits per heavy atom. The zero-order valence-electron chi connectivity index (χ0n) is 15.7. The van der Waals surface area contributed by atoms with Gasteiger partial charge in [-0.1, -0.05) is 36.4 Å². The molecule has 0 aliphatic heterocycles. The van der Waals surface area contributed by atoms with Crippen LogP contribution in [0.25, 0.3) is 20.2 Å². The Morgan fingerprint density at radius 2 is 1.37 bits per heavy atom. The van der Waals surface area contributed by atoms with Crippen LogP contribution in [-0.2, 0) is 9.53 Å². The number of esters is 1. The molecule has 27 heavy (non-hydrogen) atoms. The number of hydrogen-bond donors (Lipinski definition) is 0. The maximum absolute atomic E-state index is 12.4. The quantitative estimate of drug-likeness (QED) is 0.347. The molecule has 0 amide bonds. The fourth-order valence-electron chi connectivity index (χ4n) is 3.74. The van der Waals surface area contributed by atoms with E-state index in [1.54, 1.807) is 22.7 Å². The highest BCUT2D eigenvalue weighted by Gasteiger charge is 2.27. The third-order valence-corrected chi connectivity index (χ3v) is 7.84. The minimum absolute atomic E-state index is 0.0406. The van der Waals surface area contributed by atoms with Gasteiger partial charge in [-0.15, -0.1) is 22.7 Å². The highest BCUT2D eigenvalue weighted by molar-refractivity contribution is 7.21. The third kappa shape index (κ3) is 3.28. The maximum Gasteiger partial charge on any atom is 0.306 e. The lowest BCUT2D eigenvalue weighted by Crippen LogP contribution is -2.11. The molecule has 0 saturated heterocycles. The Morgan fingerprint density at radius 1 is 0.889 bits per heavy atom. The summed E-state index contributed by atoms with van der Waals surface area (Å²) in [4.78, 5) is 15.0. The van der Waals surface area contributed by atoms with Crippen LogP contribution >= 0.6 is 22.7 Å². The molecule has 4 aromatic rings. The van der Waals surface area contributed by atoms with Gasteiger partial charge in [0.2, 0.25) is 0 Å². The third-order valence-electron chi connectivity index (χ3n) is 5.07. The first-order valence-corrected chi connectivity index (χ1v) is 10.8. The predicted octanol–water partition coefficient (Wildman–Crippen LogP) is 6.82. The van der Waals surface area contributed by atoms with Crippen LogP contribution in [0.3, 0.4) is 0 Å². The van der Waals surface area contributed by atoms with Gasteiger partial charge in [0.25, 0.3) is 0 Å². The molecule has 0 bridgehead atoms. The summed E-state index contributed by atoms with van der Waals surface area (Å²) in [6.07, 6.45) is 0.384. The molecule has 0 atom stereocenters. The number of carbonyl (C=O) groups excluding carboxylic acids is 1. The van der Waals surface area contributed by atoms with E-state index in [4.69, 9.17) is 4.74 Å². The van der Waals surface area contributed by atoms with Crippen LogP contribution in [0.2, 0.25) is 0 Å². The molecule has 0 saturated carbocycles. The number of rotatable bonds is 5. The average molecular weight is 395 g/mol. The van der Waals surface area contributed by atoms with E-state index in [9.17, 15) is 4.79 Å². The number of thiophene rings is 2. The molecule has 4 rings (SSSR count). The lowest BCUT2D eigenvalue weighted by Gasteiger charge is -2.16. The molecule has 0 fully saturated rings. The minimum Gasteiger partial charge on any atom is -0.466 e. The normalized spacial score (nSPS) is 11.6. The van der Waals surface area contributed by atoms with Crippen LogP contribution in [0.4, 0.5) is 0 Å². The molecular formula is C23H22O2S2. The zero-order valence-corrected chi connectivity index (χ0v) is 17.4. The van der Waals surface area contributed by atoms with Crippen LogP contribution in [0.1, 0.15) is 40.1 Å². The first-order valence-electron chi connectivity index (χ1n) is 9.21. The van der Waals surface area contributed by atoms with Crippen molar-refractivity contribution in [1.82, 2.24) is 0 Å². The van der Waals surface area contributed by atoms with Crippen molar-refractivity contribution in [2.75, 3.05) is 6.61 Å². The van der Waals surface area contributed by atoms with E-state index in [1.165, 1.54) is 41.1 Å². The van der Waals surface area contributed by atoms with Gasteiger partial charge in [0, 0.05) is 25.1 Å². The van der Waals surface area contributed by atoms with Crippen molar-refractivity contribution in [3.05, 3.63) is 69.4 Å². The number of carbonyl (C=O) groups is 1. The average Bonchev–Trinajstić information content (AvgIpc) is 3.18. The van der Waals surface area contributed by atoms with Gasteiger partial charge in [0.05, 0.1) is 13.0 Å². The maximum atomic E-state index is 12.4. The lowest BCUT2D eigenvalue weighted by atomic mass is 9.94. The van der Waals surface area contributed by atoms with Gasteiger partial charge in [-0.2, -0.15) is 0 Å². The van der Waals surface area contributed by atoms with Crippen LogP contribution < -0.4 is 0 Å². The molecule has 0 spiro atoms. The summed E-state index contributed by atoms with van der Waals surface area (Å²) in [6.45, 7) is 6.63. The zero-order chi connectivity index (χ0) is 19.0. The molecule has 138 valence electrons. The Hall–Kier alpha value is -2.17. The van der Waals surface area contributed by atoms with Crippen molar-refractivity contribution < 1.29 is 9.53 Å². The van der Waals surface area contributed by atoms with E-state index in [0.29, 0.717) is 13.0 Å². The fourth-order valence-corrected chi connectivity index (χ4v) is 6.46. The predicted molar refractivity (Wildman–Crippen MR) is 116 cm³/mol. The van der Waals surface area contributed by atoms with Gasteiger partial charge in [-0.05, 0) is 54.8 Å². The molecule has 2 aromatic heterocycles. The smallest absolute Gasteiger partial charge is 0.306 e. The lowest BCUT2D eigenvalue weighted by molar-refractivity contribution is -0.143. The monoisotopic (exact) mass is 394 g/mol. The number of benzene rings is 2. The summed E-state index contributed by atoms with van der Waals surface area (Å²) >= 11 is 3.61. The molecule has 0 unspecified atom stereocenters. The largest absolute Gasteiger partial charge is 0.466 e. The summed E-state index contributed by atoms with van der Waals surface area (Å²) in [5, 5.41) is 2.57. The van der Waals surface area contributed by atoms with Crippen molar-refractivity contribution in [3.8, 4) is 0 Å². The van der Waals surface area contributed by atoms with Crippen LogP contribution in [0.15, 0.2) is 48.5 Å². The SMILES string of the molecule is CCOC(=O)CC(c1sc2ccccc2c1C)c1sc2ccccc2c1C. The number of ether oxygens (including phenoxy) is 1. The van der Waals surface area contributed by atoms with Crippen molar-refractivity contribution in [2.24, 2.45) is 0 Å². The second-order valence-corrected chi connectivity index (χ2v) is 8.90. The van der Waals surface area contributed by atoms with E-state index in [1.807, 2.05) is 6.92 Å². The summed E-state index contributed by atoms with van der Waals surface area (Å²) in [5.74, 6) is -0.0879. The molecule has 4 heteroatoms. The van der Waals surface area contributed by atoms with Crippen molar-refractivity contribution in [2.45, 2.75) is 33.1 Å². The highest BCUT2D eigenvalue weighted by atomic mass is 32.1. The fraction of sp³-hybridized carbons (Fsp3) is 0.261. The van der Waals surface area contributed by atoms with E-state index < -0.39 is 0 Å². The Kier molecular flexibility index (Phi) is 5.02. The number of fused-ring (bicyclic) bond motifs is 2. The number of hydrogen-bond acceptors (Lipinski definition) is 4. The molecule has 0 N–H and O–H groups in total. The molecule has 2 heterocycles. The summed E-state index contributed by atoms with van der Waals surface area (Å²) in [6, 6.07) is 17.0. The van der Waals surface area contributed by atoms with Gasteiger partial charge >= 0.3 is 5.97 Å². The molecule has 0 aliphatic carbocycles. The van der Waals surface area contributed by atoms with Crippen molar-refractivity contribution in [1.29, 1.82) is 0 Å². The molecular weight excluding hydrogens is 372 g/mol. The number of aryl methyl sites for hydroxylation is 2. The van der Waals surface area contributed by atoms with Gasteiger partial charge < -0.3 is 4.74 Å². The molecule has 0 radical (unpaired) electrons. The van der Waals surface area contributed by atoms with Gasteiger partial charge in [0.1, 0.15) is 0 Å². The minimum atomic E-state index is -0.129. The summed E-state index contributed by atoms with van der Waals surface area (Å²) in [7, 11) is 0. The topological polar surface area (TPSA) is 26.3 Å². The Balaban J connectivity index is 1.89. The van der Waals surface area contributed by atoms with E-state index in [-0.39, 0.29) is 11.9 Å². The Bertz CT molecular complexity index is 1040. The first-order chi connectivity index (χ1) is 13.1. The first kappa shape index (κ1) is 18.2. The van der Waals surface area contributed by atoms with Crippen molar-refractivity contribution in [3.63, 3.8) is 0 Å². The summed E-state index contributed by atoms with van der Waals surface area (Å²) in [5.41, 5.74) is 2.56. The van der Waals surface area contributed by atoms with E-state index in [0.717, 1.165) is 0 Å². The van der Waals surface area contributed by atoms with E-state index in [2.05, 4.69) is 62.4 Å². The van der Waals surface area contributed by atoms with Gasteiger partial charge in [-0.3, -0.25) is 4.79 Å². The standard InChI is InChI=1S/C23H22O2S2/c1-4-25-21(24)13-18(22-14(2)16-9-5-7-11-19(16)26-22)23-15(3)17-10-6-8-12-20(17)27-23/h5-12,18H,4,13H2,1-3H3. The van der Waals surface area contributed by atoms with Crippen LogP contribution in [-0.4, -0.2) is 12.6 Å². The highest BCUT2D eigenvalue weighted by Crippen LogP contribution is 2.45. The Labute approximate surface area is 167 Å². The molecule has 0 aliphatic rings. The second kappa shape index (κ2) is 7.45. The van der Waals surface area contributed by atoms with Crippen LogP contribution in [0, 0.1) is 13.8 Å². The van der Waals surface area contributed by atoms with Crippen molar-refractivity contribution >= 4 is 48.8 Å². The van der Waals surface area contributed by atoms with Gasteiger partial charge in [0.15, 0.2) is 0 Å². The molecule has 2 nitrogen and oxygen atoms in total. The second-order valence-electron chi connectivity index (χ2n) is 6.74.